The molecule has 1 saturated heterocycles. The predicted octanol–water partition coefficient (Wildman–Crippen LogP) is 2.34. The van der Waals surface area contributed by atoms with E-state index in [2.05, 4.69) is 5.32 Å². The number of halogens is 1. The second-order valence-electron chi connectivity index (χ2n) is 7.67. The highest BCUT2D eigenvalue weighted by Crippen LogP contribution is 2.20. The Morgan fingerprint density at radius 2 is 1.52 bits per heavy atom. The normalized spacial score (nSPS) is 15.1. The van der Waals surface area contributed by atoms with Gasteiger partial charge in [0.1, 0.15) is 0 Å². The zero-order valence-electron chi connectivity index (χ0n) is 18.2. The molecule has 0 saturated carbocycles. The van der Waals surface area contributed by atoms with Gasteiger partial charge in [0.2, 0.25) is 21.1 Å². The second kappa shape index (κ2) is 10.8. The van der Waals surface area contributed by atoms with Crippen LogP contribution >= 0.6 is 11.6 Å². The summed E-state index contributed by atoms with van der Waals surface area (Å²) in [6, 6.07) is 13.5. The van der Waals surface area contributed by atoms with Gasteiger partial charge in [0.25, 0.3) is 11.8 Å². The number of rotatable bonds is 7. The molecule has 0 bridgehead atoms. The summed E-state index contributed by atoms with van der Waals surface area (Å²) in [7, 11) is -4.27. The maximum Gasteiger partial charge on any atom is 0.261 e. The molecule has 0 radical (unpaired) electrons. The molecule has 3 amide bonds. The van der Waals surface area contributed by atoms with E-state index in [0.29, 0.717) is 24.5 Å². The van der Waals surface area contributed by atoms with Gasteiger partial charge >= 0.3 is 0 Å². The Labute approximate surface area is 198 Å². The van der Waals surface area contributed by atoms with Gasteiger partial charge in [-0.1, -0.05) is 36.7 Å². The maximum atomic E-state index is 13.4. The van der Waals surface area contributed by atoms with E-state index in [1.807, 2.05) is 6.92 Å². The lowest BCUT2D eigenvalue weighted by Crippen LogP contribution is -2.57. The van der Waals surface area contributed by atoms with Crippen molar-refractivity contribution in [1.29, 1.82) is 0 Å². The minimum atomic E-state index is -4.27. The molecular weight excluding hydrogens is 466 g/mol. The van der Waals surface area contributed by atoms with Crippen molar-refractivity contribution in [2.24, 2.45) is 0 Å². The first-order valence-electron chi connectivity index (χ1n) is 10.7. The summed E-state index contributed by atoms with van der Waals surface area (Å²) in [5, 5.41) is 0.936. The van der Waals surface area contributed by atoms with Crippen molar-refractivity contribution in [3.8, 4) is 0 Å². The molecule has 1 aliphatic heterocycles. The monoisotopic (exact) mass is 491 g/mol. The highest BCUT2D eigenvalue weighted by Gasteiger charge is 2.39. The van der Waals surface area contributed by atoms with E-state index in [0.717, 1.165) is 6.42 Å². The van der Waals surface area contributed by atoms with Crippen molar-refractivity contribution < 1.29 is 22.8 Å². The van der Waals surface area contributed by atoms with E-state index in [1.165, 1.54) is 41.3 Å². The molecule has 0 aliphatic carbocycles. The van der Waals surface area contributed by atoms with Crippen LogP contribution in [0.5, 0.6) is 0 Å². The summed E-state index contributed by atoms with van der Waals surface area (Å²) < 4.78 is 26.8. The van der Waals surface area contributed by atoms with Gasteiger partial charge in [0, 0.05) is 43.2 Å². The molecule has 1 heterocycles. The smallest absolute Gasteiger partial charge is 0.261 e. The van der Waals surface area contributed by atoms with Gasteiger partial charge in [0.15, 0.2) is 0 Å². The number of nitrogens with zero attached hydrogens (tertiary/aromatic N) is 2. The number of nitrogens with one attached hydrogen (secondary N) is 1. The molecule has 8 nitrogen and oxygen atoms in total. The van der Waals surface area contributed by atoms with Crippen molar-refractivity contribution in [2.45, 2.75) is 30.0 Å². The molecule has 10 heteroatoms. The third kappa shape index (κ3) is 5.91. The van der Waals surface area contributed by atoms with E-state index in [4.69, 9.17) is 11.6 Å². The molecule has 0 aromatic heterocycles. The van der Waals surface area contributed by atoms with Crippen molar-refractivity contribution in [3.63, 3.8) is 0 Å². The fourth-order valence-corrected chi connectivity index (χ4v) is 5.13. The van der Waals surface area contributed by atoms with Crippen molar-refractivity contribution >= 4 is 39.2 Å². The molecule has 1 atom stereocenters. The quantitative estimate of drug-likeness (QED) is 0.640. The molecule has 2 aromatic rings. The Morgan fingerprint density at radius 1 is 0.939 bits per heavy atom. The van der Waals surface area contributed by atoms with Gasteiger partial charge < -0.3 is 15.1 Å². The van der Waals surface area contributed by atoms with Crippen LogP contribution in [0.4, 0.5) is 0 Å². The third-order valence-corrected chi connectivity index (χ3v) is 7.50. The van der Waals surface area contributed by atoms with Gasteiger partial charge in [-0.2, -0.15) is 0 Å². The first-order chi connectivity index (χ1) is 15.7. The molecule has 0 spiro atoms. The maximum absolute atomic E-state index is 13.4. The SMILES string of the molecule is CCCC(=O)N1CCN(C(=O)[C@@H](NC(=O)c2ccccc2)S(=O)(=O)c2ccc(Cl)cc2)CC1. The third-order valence-electron chi connectivity index (χ3n) is 5.38. The zero-order valence-corrected chi connectivity index (χ0v) is 19.8. The number of piperazine rings is 1. The van der Waals surface area contributed by atoms with Gasteiger partial charge in [-0.05, 0) is 42.8 Å². The Morgan fingerprint density at radius 3 is 2.09 bits per heavy atom. The van der Waals surface area contributed by atoms with Crippen LogP contribution < -0.4 is 5.32 Å². The Kier molecular flexibility index (Phi) is 8.10. The Hall–Kier alpha value is -2.91. The van der Waals surface area contributed by atoms with Crippen LogP contribution in [0.1, 0.15) is 30.1 Å². The lowest BCUT2D eigenvalue weighted by Gasteiger charge is -2.36. The van der Waals surface area contributed by atoms with Crippen LogP contribution in [0.15, 0.2) is 59.5 Å². The number of benzene rings is 2. The molecule has 2 aromatic carbocycles. The number of hydrogen-bond acceptors (Lipinski definition) is 5. The topological polar surface area (TPSA) is 104 Å². The van der Waals surface area contributed by atoms with E-state index in [-0.39, 0.29) is 29.5 Å². The van der Waals surface area contributed by atoms with Crippen LogP contribution in [0.25, 0.3) is 0 Å². The standard InChI is InChI=1S/C23H26ClN3O5S/c1-2-6-20(28)26-13-15-27(16-14-26)23(30)22(25-21(29)17-7-4-3-5-8-17)33(31,32)19-11-9-18(24)10-12-19/h3-5,7-12,22H,2,6,13-16H2,1H3,(H,25,29)/t22-/m0/s1. The number of carbonyl (C=O) groups is 3. The Bertz CT molecular complexity index is 1100. The van der Waals surface area contributed by atoms with E-state index < -0.39 is 27.0 Å². The fraction of sp³-hybridized carbons (Fsp3) is 0.348. The lowest BCUT2D eigenvalue weighted by molar-refractivity contribution is -0.139. The Balaban J connectivity index is 1.85. The van der Waals surface area contributed by atoms with E-state index in [1.54, 1.807) is 23.1 Å². The van der Waals surface area contributed by atoms with Crippen molar-refractivity contribution in [1.82, 2.24) is 15.1 Å². The molecular formula is C23H26ClN3O5S. The average molecular weight is 492 g/mol. The summed E-state index contributed by atoms with van der Waals surface area (Å²) in [6.45, 7) is 2.90. The van der Waals surface area contributed by atoms with E-state index in [9.17, 15) is 22.8 Å². The van der Waals surface area contributed by atoms with Crippen molar-refractivity contribution in [2.75, 3.05) is 26.2 Å². The number of carbonyl (C=O) groups excluding carboxylic acids is 3. The predicted molar refractivity (Wildman–Crippen MR) is 124 cm³/mol. The highest BCUT2D eigenvalue weighted by atomic mass is 35.5. The first kappa shape index (κ1) is 24.7. The summed E-state index contributed by atoms with van der Waals surface area (Å²) in [6.07, 6.45) is 1.15. The number of hydrogen-bond donors (Lipinski definition) is 1. The summed E-state index contributed by atoms with van der Waals surface area (Å²) >= 11 is 5.88. The van der Waals surface area contributed by atoms with Crippen LogP contribution in [0.3, 0.4) is 0 Å². The number of amides is 3. The molecule has 0 unspecified atom stereocenters. The number of sulfone groups is 1. The minimum absolute atomic E-state index is 0.00677. The highest BCUT2D eigenvalue weighted by molar-refractivity contribution is 7.92. The minimum Gasteiger partial charge on any atom is -0.339 e. The van der Waals surface area contributed by atoms with E-state index >= 15 is 0 Å². The van der Waals surface area contributed by atoms with Crippen LogP contribution in [-0.2, 0) is 19.4 Å². The largest absolute Gasteiger partial charge is 0.339 e. The molecule has 1 fully saturated rings. The van der Waals surface area contributed by atoms with Gasteiger partial charge in [-0.15, -0.1) is 0 Å². The van der Waals surface area contributed by atoms with Gasteiger partial charge in [-0.3, -0.25) is 14.4 Å². The molecule has 3 rings (SSSR count). The summed E-state index contributed by atoms with van der Waals surface area (Å²) in [5.74, 6) is -1.41. The summed E-state index contributed by atoms with van der Waals surface area (Å²) in [5.41, 5.74) is 0.233. The molecule has 1 aliphatic rings. The molecule has 33 heavy (non-hydrogen) atoms. The first-order valence-corrected chi connectivity index (χ1v) is 12.6. The molecule has 1 N–H and O–H groups in total. The van der Waals surface area contributed by atoms with Crippen molar-refractivity contribution in [3.05, 3.63) is 65.2 Å². The zero-order chi connectivity index (χ0) is 24.0. The van der Waals surface area contributed by atoms with Crippen LogP contribution in [0.2, 0.25) is 5.02 Å². The second-order valence-corrected chi connectivity index (χ2v) is 10.1. The van der Waals surface area contributed by atoms with Gasteiger partial charge in [0.05, 0.1) is 4.90 Å². The summed E-state index contributed by atoms with van der Waals surface area (Å²) in [4.78, 5) is 41.2. The lowest BCUT2D eigenvalue weighted by atomic mass is 10.2. The van der Waals surface area contributed by atoms with Crippen LogP contribution in [-0.4, -0.2) is 67.5 Å². The van der Waals surface area contributed by atoms with Gasteiger partial charge in [-0.25, -0.2) is 8.42 Å². The molecule has 176 valence electrons. The fourth-order valence-electron chi connectivity index (χ4n) is 3.54. The average Bonchev–Trinajstić information content (AvgIpc) is 2.83. The van der Waals surface area contributed by atoms with Crippen LogP contribution in [0, 0.1) is 0 Å².